The summed E-state index contributed by atoms with van der Waals surface area (Å²) < 4.78 is 6.09. The number of alkyl halides is 1. The Kier molecular flexibility index (Phi) is 7.06. The zero-order valence-electron chi connectivity index (χ0n) is 14.5. The van der Waals surface area contributed by atoms with Crippen molar-refractivity contribution in [3.8, 4) is 0 Å². The van der Waals surface area contributed by atoms with Gasteiger partial charge in [0.25, 0.3) is 0 Å². The summed E-state index contributed by atoms with van der Waals surface area (Å²) in [5.74, 6) is 0.907. The van der Waals surface area contributed by atoms with Crippen LogP contribution in [0.3, 0.4) is 0 Å². The normalized spacial score (nSPS) is 37.8. The lowest BCUT2D eigenvalue weighted by Gasteiger charge is -2.37. The van der Waals surface area contributed by atoms with Gasteiger partial charge in [0.2, 0.25) is 0 Å². The average Bonchev–Trinajstić information content (AvgIpc) is 3.08. The summed E-state index contributed by atoms with van der Waals surface area (Å²) in [4.78, 5) is 2.51. The lowest BCUT2D eigenvalue weighted by Crippen LogP contribution is -2.36. The van der Waals surface area contributed by atoms with Gasteiger partial charge in [-0.3, -0.25) is 0 Å². The molecule has 0 radical (unpaired) electrons. The third-order valence-corrected chi connectivity index (χ3v) is 6.69. The molecule has 3 fully saturated rings. The fourth-order valence-electron chi connectivity index (χ4n) is 4.81. The van der Waals surface area contributed by atoms with Gasteiger partial charge in [-0.15, -0.1) is 11.6 Å². The number of aliphatic hydroxyl groups is 1. The van der Waals surface area contributed by atoms with E-state index in [0.717, 1.165) is 58.1 Å². The highest BCUT2D eigenvalue weighted by atomic mass is 35.5. The summed E-state index contributed by atoms with van der Waals surface area (Å²) in [7, 11) is 0. The van der Waals surface area contributed by atoms with E-state index in [4.69, 9.17) is 16.3 Å². The Morgan fingerprint density at radius 1 is 0.957 bits per heavy atom. The van der Waals surface area contributed by atoms with Crippen molar-refractivity contribution in [2.75, 3.05) is 26.2 Å². The monoisotopic (exact) mass is 343 g/mol. The summed E-state index contributed by atoms with van der Waals surface area (Å²) in [5.41, 5.74) is 0. The third-order valence-electron chi connectivity index (χ3n) is 6.30. The first kappa shape index (κ1) is 18.0. The van der Waals surface area contributed by atoms with Crippen molar-refractivity contribution in [3.05, 3.63) is 0 Å². The fourth-order valence-corrected chi connectivity index (χ4v) is 5.20. The van der Waals surface area contributed by atoms with Crippen LogP contribution in [0.25, 0.3) is 0 Å². The first-order valence-electron chi connectivity index (χ1n) is 9.88. The van der Waals surface area contributed by atoms with Crippen LogP contribution in [-0.2, 0) is 4.74 Å². The highest BCUT2D eigenvalue weighted by Crippen LogP contribution is 2.37. The lowest BCUT2D eigenvalue weighted by molar-refractivity contribution is -0.0286. The van der Waals surface area contributed by atoms with Crippen molar-refractivity contribution in [3.63, 3.8) is 0 Å². The van der Waals surface area contributed by atoms with Gasteiger partial charge < -0.3 is 14.7 Å². The number of halogens is 1. The van der Waals surface area contributed by atoms with Crippen LogP contribution in [0.5, 0.6) is 0 Å². The minimum atomic E-state index is -0.137. The first-order valence-corrected chi connectivity index (χ1v) is 10.3. The van der Waals surface area contributed by atoms with Gasteiger partial charge in [-0.05, 0) is 82.7 Å². The molecule has 2 saturated carbocycles. The van der Waals surface area contributed by atoms with E-state index in [0.29, 0.717) is 17.9 Å². The van der Waals surface area contributed by atoms with E-state index in [9.17, 15) is 5.11 Å². The molecular formula is C19H34ClNO2. The Morgan fingerprint density at radius 3 is 2.39 bits per heavy atom. The molecule has 23 heavy (non-hydrogen) atoms. The molecule has 1 heterocycles. The molecule has 3 aliphatic rings. The number of rotatable bonds is 6. The topological polar surface area (TPSA) is 32.7 Å². The van der Waals surface area contributed by atoms with Crippen molar-refractivity contribution in [1.29, 1.82) is 0 Å². The molecule has 1 aliphatic heterocycles. The molecule has 134 valence electrons. The maximum Gasteiger partial charge on any atom is 0.0597 e. The van der Waals surface area contributed by atoms with E-state index in [1.807, 2.05) is 0 Å². The third kappa shape index (κ3) is 5.32. The Morgan fingerprint density at radius 2 is 1.70 bits per heavy atom. The molecule has 0 aromatic rings. The SMILES string of the molecule is OC(C1CCC(OCCN2CCCC2)CC1)C1CCCC(Cl)C1. The molecule has 3 atom stereocenters. The Balaban J connectivity index is 1.32. The van der Waals surface area contributed by atoms with Crippen molar-refractivity contribution in [1.82, 2.24) is 4.90 Å². The van der Waals surface area contributed by atoms with Gasteiger partial charge in [0.1, 0.15) is 0 Å². The van der Waals surface area contributed by atoms with Crippen LogP contribution in [0.1, 0.15) is 64.2 Å². The van der Waals surface area contributed by atoms with E-state index in [1.54, 1.807) is 0 Å². The van der Waals surface area contributed by atoms with Crippen LogP contribution in [-0.4, -0.2) is 53.8 Å². The van der Waals surface area contributed by atoms with E-state index >= 15 is 0 Å². The van der Waals surface area contributed by atoms with Crippen LogP contribution in [0.15, 0.2) is 0 Å². The van der Waals surface area contributed by atoms with Gasteiger partial charge in [-0.25, -0.2) is 0 Å². The van der Waals surface area contributed by atoms with E-state index < -0.39 is 0 Å². The molecular weight excluding hydrogens is 310 g/mol. The standard InChI is InChI=1S/C19H34ClNO2/c20-17-5-3-4-16(14-17)19(22)15-6-8-18(9-7-15)23-13-12-21-10-1-2-11-21/h15-19,22H,1-14H2. The molecule has 4 heteroatoms. The number of hydrogen-bond acceptors (Lipinski definition) is 3. The van der Waals surface area contributed by atoms with Crippen molar-refractivity contribution < 1.29 is 9.84 Å². The molecule has 1 N–H and O–H groups in total. The van der Waals surface area contributed by atoms with Crippen LogP contribution in [0.4, 0.5) is 0 Å². The average molecular weight is 344 g/mol. The quantitative estimate of drug-likeness (QED) is 0.744. The molecule has 0 spiro atoms. The predicted molar refractivity (Wildman–Crippen MR) is 95.0 cm³/mol. The second-order valence-electron chi connectivity index (χ2n) is 7.97. The predicted octanol–water partition coefficient (Wildman–Crippen LogP) is 3.82. The molecule has 3 rings (SSSR count). The van der Waals surface area contributed by atoms with Crippen LogP contribution < -0.4 is 0 Å². The maximum absolute atomic E-state index is 10.7. The smallest absolute Gasteiger partial charge is 0.0597 e. The van der Waals surface area contributed by atoms with Crippen molar-refractivity contribution in [2.24, 2.45) is 11.8 Å². The fraction of sp³-hybridized carbons (Fsp3) is 1.00. The molecule has 0 bridgehead atoms. The minimum Gasteiger partial charge on any atom is -0.393 e. The first-order chi connectivity index (χ1) is 11.2. The molecule has 0 aromatic heterocycles. The molecule has 1 saturated heterocycles. The van der Waals surface area contributed by atoms with Gasteiger partial charge in [0.05, 0.1) is 18.8 Å². The summed E-state index contributed by atoms with van der Waals surface area (Å²) in [6, 6.07) is 0. The van der Waals surface area contributed by atoms with Gasteiger partial charge in [-0.1, -0.05) is 6.42 Å². The van der Waals surface area contributed by atoms with Gasteiger partial charge >= 0.3 is 0 Å². The Bertz CT molecular complexity index is 340. The number of nitrogens with zero attached hydrogens (tertiary/aromatic N) is 1. The van der Waals surface area contributed by atoms with Gasteiger partial charge in [0.15, 0.2) is 0 Å². The number of aliphatic hydroxyl groups excluding tert-OH is 1. The summed E-state index contributed by atoms with van der Waals surface area (Å²) in [5, 5.41) is 11.0. The van der Waals surface area contributed by atoms with Gasteiger partial charge in [0, 0.05) is 11.9 Å². The van der Waals surface area contributed by atoms with E-state index in [2.05, 4.69) is 4.90 Å². The largest absolute Gasteiger partial charge is 0.393 e. The van der Waals surface area contributed by atoms with Crippen LogP contribution in [0.2, 0.25) is 0 Å². The summed E-state index contributed by atoms with van der Waals surface area (Å²) in [6.07, 6.45) is 12.0. The van der Waals surface area contributed by atoms with Crippen molar-refractivity contribution >= 4 is 11.6 Å². The van der Waals surface area contributed by atoms with E-state index in [-0.39, 0.29) is 11.5 Å². The lowest BCUT2D eigenvalue weighted by atomic mass is 9.75. The molecule has 0 amide bonds. The number of ether oxygens (including phenoxy) is 1. The maximum atomic E-state index is 10.7. The number of likely N-dealkylation sites (tertiary alicyclic amines) is 1. The second-order valence-corrected chi connectivity index (χ2v) is 8.59. The molecule has 2 aliphatic carbocycles. The highest BCUT2D eigenvalue weighted by molar-refractivity contribution is 6.20. The zero-order chi connectivity index (χ0) is 16.1. The number of hydrogen-bond donors (Lipinski definition) is 1. The highest BCUT2D eigenvalue weighted by Gasteiger charge is 2.34. The Hall–Kier alpha value is 0.170. The van der Waals surface area contributed by atoms with Gasteiger partial charge in [-0.2, -0.15) is 0 Å². The Labute approximate surface area is 146 Å². The zero-order valence-corrected chi connectivity index (χ0v) is 15.2. The molecule has 0 aromatic carbocycles. The molecule has 3 unspecified atom stereocenters. The van der Waals surface area contributed by atoms with Crippen LogP contribution in [0, 0.1) is 11.8 Å². The summed E-state index contributed by atoms with van der Waals surface area (Å²) in [6.45, 7) is 4.49. The summed E-state index contributed by atoms with van der Waals surface area (Å²) >= 11 is 6.29. The van der Waals surface area contributed by atoms with Crippen molar-refractivity contribution in [2.45, 2.75) is 81.8 Å². The van der Waals surface area contributed by atoms with E-state index in [1.165, 1.54) is 32.4 Å². The van der Waals surface area contributed by atoms with Crippen LogP contribution >= 0.6 is 11.6 Å². The second kappa shape index (κ2) is 9.03. The molecule has 3 nitrogen and oxygen atoms in total. The minimum absolute atomic E-state index is 0.137.